The molecule has 18 heavy (non-hydrogen) atoms. The van der Waals surface area contributed by atoms with Crippen LogP contribution < -0.4 is 5.73 Å². The second-order valence-electron chi connectivity index (χ2n) is 6.64. The zero-order valence-electron chi connectivity index (χ0n) is 12.6. The van der Waals surface area contributed by atoms with Crippen molar-refractivity contribution in [2.45, 2.75) is 82.9 Å². The Morgan fingerprint density at radius 3 is 2.44 bits per heavy atom. The van der Waals surface area contributed by atoms with Crippen molar-refractivity contribution in [3.05, 3.63) is 0 Å². The summed E-state index contributed by atoms with van der Waals surface area (Å²) in [6.07, 6.45) is 4.60. The summed E-state index contributed by atoms with van der Waals surface area (Å²) in [6, 6.07) is 0.306. The van der Waals surface area contributed by atoms with Crippen LogP contribution in [-0.4, -0.2) is 27.8 Å². The topological polar surface area (TPSA) is 46.2 Å². The summed E-state index contributed by atoms with van der Waals surface area (Å²) in [5, 5.41) is 10.4. The van der Waals surface area contributed by atoms with Crippen molar-refractivity contribution in [3.63, 3.8) is 0 Å². The summed E-state index contributed by atoms with van der Waals surface area (Å²) < 4.78 is 0. The SMILES string of the molecule is CCC(C)(C)C1CCC(N)C(SC(C)C(C)O)C1. The monoisotopic (exact) mass is 273 g/mol. The summed E-state index contributed by atoms with van der Waals surface area (Å²) in [7, 11) is 0. The van der Waals surface area contributed by atoms with E-state index >= 15 is 0 Å². The van der Waals surface area contributed by atoms with Crippen LogP contribution in [0.2, 0.25) is 0 Å². The van der Waals surface area contributed by atoms with Gasteiger partial charge in [-0.05, 0) is 37.5 Å². The smallest absolute Gasteiger partial charge is 0.0628 e. The molecule has 0 radical (unpaired) electrons. The second-order valence-corrected chi connectivity index (χ2v) is 8.26. The molecule has 3 heteroatoms. The molecule has 2 nitrogen and oxygen atoms in total. The van der Waals surface area contributed by atoms with Crippen LogP contribution in [-0.2, 0) is 0 Å². The maximum atomic E-state index is 9.65. The first kappa shape index (κ1) is 16.3. The third-order valence-corrected chi connectivity index (χ3v) is 6.64. The van der Waals surface area contributed by atoms with Crippen molar-refractivity contribution in [2.24, 2.45) is 17.1 Å². The standard InChI is InChI=1S/C15H31NOS/c1-6-15(4,5)12-7-8-13(16)14(9-12)18-11(3)10(2)17/h10-14,17H,6-9,16H2,1-5H3. The zero-order valence-corrected chi connectivity index (χ0v) is 13.5. The van der Waals surface area contributed by atoms with Gasteiger partial charge in [0.2, 0.25) is 0 Å². The third-order valence-electron chi connectivity index (χ3n) is 4.93. The Morgan fingerprint density at radius 2 is 1.94 bits per heavy atom. The number of hydrogen-bond donors (Lipinski definition) is 2. The minimum Gasteiger partial charge on any atom is -0.392 e. The lowest BCUT2D eigenvalue weighted by atomic mass is 9.69. The molecule has 0 aromatic carbocycles. The van der Waals surface area contributed by atoms with Crippen molar-refractivity contribution in [2.75, 3.05) is 0 Å². The molecule has 5 atom stereocenters. The third kappa shape index (κ3) is 4.14. The summed E-state index contributed by atoms with van der Waals surface area (Å²) in [6.45, 7) is 11.0. The Hall–Kier alpha value is 0.270. The van der Waals surface area contributed by atoms with E-state index in [0.29, 0.717) is 16.7 Å². The quantitative estimate of drug-likeness (QED) is 0.807. The Morgan fingerprint density at radius 1 is 1.33 bits per heavy atom. The largest absolute Gasteiger partial charge is 0.392 e. The number of thioether (sulfide) groups is 1. The van der Waals surface area contributed by atoms with Gasteiger partial charge in [0.25, 0.3) is 0 Å². The van der Waals surface area contributed by atoms with E-state index in [1.54, 1.807) is 0 Å². The van der Waals surface area contributed by atoms with Gasteiger partial charge in [0.15, 0.2) is 0 Å². The van der Waals surface area contributed by atoms with Crippen LogP contribution in [0.15, 0.2) is 0 Å². The van der Waals surface area contributed by atoms with Gasteiger partial charge in [0.05, 0.1) is 6.10 Å². The second kappa shape index (κ2) is 6.62. The number of nitrogens with two attached hydrogens (primary N) is 1. The van der Waals surface area contributed by atoms with Crippen molar-refractivity contribution < 1.29 is 5.11 Å². The molecule has 0 spiro atoms. The van der Waals surface area contributed by atoms with Crippen molar-refractivity contribution >= 4 is 11.8 Å². The van der Waals surface area contributed by atoms with E-state index in [9.17, 15) is 5.11 Å². The molecular formula is C15H31NOS. The van der Waals surface area contributed by atoms with Crippen molar-refractivity contribution in [1.82, 2.24) is 0 Å². The van der Waals surface area contributed by atoms with Crippen LogP contribution in [0, 0.1) is 11.3 Å². The van der Waals surface area contributed by atoms with Crippen LogP contribution in [0.4, 0.5) is 0 Å². The molecule has 0 bridgehead atoms. The highest BCUT2D eigenvalue weighted by atomic mass is 32.2. The Bertz CT molecular complexity index is 255. The maximum absolute atomic E-state index is 9.65. The van der Waals surface area contributed by atoms with E-state index in [1.807, 2.05) is 18.7 Å². The van der Waals surface area contributed by atoms with Crippen molar-refractivity contribution in [1.29, 1.82) is 0 Å². The number of aliphatic hydroxyl groups excluding tert-OH is 1. The molecule has 0 saturated heterocycles. The molecule has 1 rings (SSSR count). The Kier molecular flexibility index (Phi) is 6.01. The molecule has 0 aliphatic heterocycles. The first-order valence-corrected chi connectivity index (χ1v) is 8.31. The molecule has 0 aromatic rings. The predicted octanol–water partition coefficient (Wildman–Crippen LogP) is 3.42. The summed E-state index contributed by atoms with van der Waals surface area (Å²) in [5.41, 5.74) is 6.70. The number of rotatable bonds is 5. The molecule has 1 aliphatic carbocycles. The normalized spacial score (nSPS) is 33.2. The average molecular weight is 273 g/mol. The Labute approximate surface area is 117 Å². The molecule has 0 amide bonds. The fourth-order valence-electron chi connectivity index (χ4n) is 2.70. The van der Waals surface area contributed by atoms with E-state index in [4.69, 9.17) is 5.73 Å². The predicted molar refractivity (Wildman–Crippen MR) is 81.9 cm³/mol. The average Bonchev–Trinajstić information content (AvgIpc) is 2.31. The highest BCUT2D eigenvalue weighted by molar-refractivity contribution is 8.00. The molecule has 108 valence electrons. The van der Waals surface area contributed by atoms with Gasteiger partial charge in [-0.3, -0.25) is 0 Å². The van der Waals surface area contributed by atoms with E-state index < -0.39 is 0 Å². The van der Waals surface area contributed by atoms with Crippen LogP contribution in [0.3, 0.4) is 0 Å². The van der Waals surface area contributed by atoms with Crippen LogP contribution >= 0.6 is 11.8 Å². The molecule has 1 saturated carbocycles. The van der Waals surface area contributed by atoms with Gasteiger partial charge in [-0.2, -0.15) is 11.8 Å². The first-order chi connectivity index (χ1) is 8.27. The van der Waals surface area contributed by atoms with Gasteiger partial charge in [0.1, 0.15) is 0 Å². The fourth-order valence-corrected chi connectivity index (χ4v) is 4.16. The van der Waals surface area contributed by atoms with Gasteiger partial charge in [-0.15, -0.1) is 0 Å². The molecule has 3 N–H and O–H groups in total. The molecule has 1 aliphatic rings. The highest BCUT2D eigenvalue weighted by Gasteiger charge is 2.36. The molecule has 5 unspecified atom stereocenters. The maximum Gasteiger partial charge on any atom is 0.0628 e. The van der Waals surface area contributed by atoms with E-state index in [1.165, 1.54) is 19.3 Å². The zero-order chi connectivity index (χ0) is 13.9. The van der Waals surface area contributed by atoms with Crippen molar-refractivity contribution in [3.8, 4) is 0 Å². The van der Waals surface area contributed by atoms with E-state index in [0.717, 1.165) is 12.3 Å². The number of hydrogen-bond acceptors (Lipinski definition) is 3. The summed E-state index contributed by atoms with van der Waals surface area (Å²) >= 11 is 1.89. The lowest BCUT2D eigenvalue weighted by molar-refractivity contribution is 0.147. The van der Waals surface area contributed by atoms with Crippen LogP contribution in [0.5, 0.6) is 0 Å². The molecule has 0 heterocycles. The minimum atomic E-state index is -0.248. The summed E-state index contributed by atoms with van der Waals surface area (Å²) in [5.74, 6) is 0.779. The van der Waals surface area contributed by atoms with E-state index in [2.05, 4.69) is 27.7 Å². The lowest BCUT2D eigenvalue weighted by Gasteiger charge is -2.42. The molecule has 1 fully saturated rings. The lowest BCUT2D eigenvalue weighted by Crippen LogP contribution is -2.43. The van der Waals surface area contributed by atoms with Crippen LogP contribution in [0.25, 0.3) is 0 Å². The van der Waals surface area contributed by atoms with Gasteiger partial charge >= 0.3 is 0 Å². The summed E-state index contributed by atoms with van der Waals surface area (Å²) in [4.78, 5) is 0. The molecule has 0 aromatic heterocycles. The Balaban J connectivity index is 2.62. The fraction of sp³-hybridized carbons (Fsp3) is 1.00. The van der Waals surface area contributed by atoms with Gasteiger partial charge in [0, 0.05) is 16.5 Å². The van der Waals surface area contributed by atoms with Crippen LogP contribution in [0.1, 0.15) is 60.3 Å². The molecular weight excluding hydrogens is 242 g/mol. The minimum absolute atomic E-state index is 0.248. The highest BCUT2D eigenvalue weighted by Crippen LogP contribution is 2.44. The number of aliphatic hydroxyl groups is 1. The van der Waals surface area contributed by atoms with Gasteiger partial charge in [-0.25, -0.2) is 0 Å². The van der Waals surface area contributed by atoms with Gasteiger partial charge < -0.3 is 10.8 Å². The van der Waals surface area contributed by atoms with E-state index in [-0.39, 0.29) is 11.4 Å². The van der Waals surface area contributed by atoms with Gasteiger partial charge in [-0.1, -0.05) is 34.1 Å². The first-order valence-electron chi connectivity index (χ1n) is 7.37.